The lowest BCUT2D eigenvalue weighted by molar-refractivity contribution is -0.131. The molecule has 1 N–H and O–H groups in total. The standard InChI is InChI=1S/C18H19NO2/c1-13-10-14(2)12-17(11-13)19(3)16-7-4-15(5-8-16)6-9-18(20)21/h4-12H,1-3H3,(H,20,21). The molecule has 2 aromatic carbocycles. The Kier molecular flexibility index (Phi) is 4.43. The second-order valence-electron chi connectivity index (χ2n) is 5.17. The molecule has 0 saturated heterocycles. The number of carboxylic acid groups (broad SMARTS) is 1. The van der Waals surface area contributed by atoms with Gasteiger partial charge in [0.05, 0.1) is 0 Å². The lowest BCUT2D eigenvalue weighted by Crippen LogP contribution is -2.09. The number of carbonyl (C=O) groups is 1. The Hall–Kier alpha value is -2.55. The van der Waals surface area contributed by atoms with Gasteiger partial charge in [-0.05, 0) is 60.9 Å². The van der Waals surface area contributed by atoms with Gasteiger partial charge in [0.25, 0.3) is 0 Å². The Balaban J connectivity index is 2.23. The van der Waals surface area contributed by atoms with Gasteiger partial charge in [0.2, 0.25) is 0 Å². The van der Waals surface area contributed by atoms with Gasteiger partial charge < -0.3 is 10.0 Å². The van der Waals surface area contributed by atoms with Crippen molar-refractivity contribution in [3.05, 3.63) is 65.2 Å². The summed E-state index contributed by atoms with van der Waals surface area (Å²) in [6.07, 6.45) is 2.73. The minimum atomic E-state index is -0.938. The van der Waals surface area contributed by atoms with Crippen LogP contribution in [0.3, 0.4) is 0 Å². The summed E-state index contributed by atoms with van der Waals surface area (Å²) in [5.74, 6) is -0.938. The summed E-state index contributed by atoms with van der Waals surface area (Å²) in [5, 5.41) is 8.62. The highest BCUT2D eigenvalue weighted by molar-refractivity contribution is 5.85. The van der Waals surface area contributed by atoms with E-state index in [0.29, 0.717) is 0 Å². The SMILES string of the molecule is Cc1cc(C)cc(N(C)c2ccc(C=CC(=O)O)cc2)c1. The number of aryl methyl sites for hydroxylation is 2. The van der Waals surface area contributed by atoms with Crippen LogP contribution in [0.1, 0.15) is 16.7 Å². The second-order valence-corrected chi connectivity index (χ2v) is 5.17. The smallest absolute Gasteiger partial charge is 0.328 e. The molecule has 3 heteroatoms. The van der Waals surface area contributed by atoms with Gasteiger partial charge in [-0.1, -0.05) is 18.2 Å². The first-order chi connectivity index (χ1) is 9.95. The zero-order valence-corrected chi connectivity index (χ0v) is 12.5. The predicted octanol–water partition coefficient (Wildman–Crippen LogP) is 4.17. The average molecular weight is 281 g/mol. The Morgan fingerprint density at radius 2 is 1.57 bits per heavy atom. The molecule has 0 bridgehead atoms. The van der Waals surface area contributed by atoms with Crippen LogP contribution in [0.25, 0.3) is 6.08 Å². The van der Waals surface area contributed by atoms with Crippen LogP contribution >= 0.6 is 0 Å². The van der Waals surface area contributed by atoms with Crippen LogP contribution in [0.4, 0.5) is 11.4 Å². The molecule has 2 aromatic rings. The van der Waals surface area contributed by atoms with Crippen molar-refractivity contribution in [1.29, 1.82) is 0 Å². The number of benzene rings is 2. The van der Waals surface area contributed by atoms with Crippen molar-refractivity contribution in [1.82, 2.24) is 0 Å². The zero-order valence-electron chi connectivity index (χ0n) is 12.5. The van der Waals surface area contributed by atoms with Crippen molar-refractivity contribution in [2.45, 2.75) is 13.8 Å². The third kappa shape index (κ3) is 3.96. The highest BCUT2D eigenvalue weighted by Crippen LogP contribution is 2.26. The number of aliphatic carboxylic acids is 1. The third-order valence-electron chi connectivity index (χ3n) is 3.29. The summed E-state index contributed by atoms with van der Waals surface area (Å²) in [7, 11) is 2.02. The molecule has 0 spiro atoms. The van der Waals surface area contributed by atoms with E-state index < -0.39 is 5.97 Å². The quantitative estimate of drug-likeness (QED) is 0.855. The van der Waals surface area contributed by atoms with Crippen LogP contribution in [-0.2, 0) is 4.79 Å². The van der Waals surface area contributed by atoms with E-state index in [-0.39, 0.29) is 0 Å². The molecule has 0 atom stereocenters. The van der Waals surface area contributed by atoms with Gasteiger partial charge in [-0.3, -0.25) is 0 Å². The Bertz CT molecular complexity index is 652. The molecule has 0 unspecified atom stereocenters. The minimum absolute atomic E-state index is 0.870. The van der Waals surface area contributed by atoms with Crippen LogP contribution in [0, 0.1) is 13.8 Å². The van der Waals surface area contributed by atoms with E-state index in [1.165, 1.54) is 11.1 Å². The van der Waals surface area contributed by atoms with E-state index in [1.54, 1.807) is 6.08 Å². The van der Waals surface area contributed by atoms with E-state index in [4.69, 9.17) is 5.11 Å². The molecule has 0 amide bonds. The molecule has 0 aliphatic heterocycles. The Morgan fingerprint density at radius 1 is 1.00 bits per heavy atom. The molecule has 0 aliphatic carbocycles. The molecule has 2 rings (SSSR count). The van der Waals surface area contributed by atoms with Crippen molar-refractivity contribution in [2.24, 2.45) is 0 Å². The largest absolute Gasteiger partial charge is 0.478 e. The van der Waals surface area contributed by atoms with Crippen LogP contribution in [-0.4, -0.2) is 18.1 Å². The fourth-order valence-electron chi connectivity index (χ4n) is 2.27. The topological polar surface area (TPSA) is 40.5 Å². The predicted molar refractivity (Wildman–Crippen MR) is 87.1 cm³/mol. The normalized spacial score (nSPS) is 10.8. The van der Waals surface area contributed by atoms with Gasteiger partial charge in [0, 0.05) is 24.5 Å². The third-order valence-corrected chi connectivity index (χ3v) is 3.29. The average Bonchev–Trinajstić information content (AvgIpc) is 2.44. The van der Waals surface area contributed by atoms with Crippen molar-refractivity contribution >= 4 is 23.4 Å². The van der Waals surface area contributed by atoms with Crippen LogP contribution in [0.5, 0.6) is 0 Å². The molecular formula is C18H19NO2. The van der Waals surface area contributed by atoms with Gasteiger partial charge in [0.1, 0.15) is 0 Å². The van der Waals surface area contributed by atoms with Gasteiger partial charge in [-0.25, -0.2) is 4.79 Å². The van der Waals surface area contributed by atoms with Crippen LogP contribution in [0.2, 0.25) is 0 Å². The number of rotatable bonds is 4. The van der Waals surface area contributed by atoms with Crippen LogP contribution < -0.4 is 4.90 Å². The van der Waals surface area contributed by atoms with E-state index in [1.807, 2.05) is 31.3 Å². The van der Waals surface area contributed by atoms with Gasteiger partial charge >= 0.3 is 5.97 Å². The maximum Gasteiger partial charge on any atom is 0.328 e. The number of hydrogen-bond acceptors (Lipinski definition) is 2. The summed E-state index contributed by atoms with van der Waals surface area (Å²) in [5.41, 5.74) is 5.54. The van der Waals surface area contributed by atoms with Crippen molar-refractivity contribution in [2.75, 3.05) is 11.9 Å². The molecule has 3 nitrogen and oxygen atoms in total. The molecule has 0 aliphatic rings. The van der Waals surface area contributed by atoms with Crippen molar-refractivity contribution < 1.29 is 9.90 Å². The number of hydrogen-bond donors (Lipinski definition) is 1. The second kappa shape index (κ2) is 6.27. The van der Waals surface area contributed by atoms with Gasteiger partial charge in [-0.15, -0.1) is 0 Å². The highest BCUT2D eigenvalue weighted by atomic mass is 16.4. The fraction of sp³-hybridized carbons (Fsp3) is 0.167. The molecule has 0 radical (unpaired) electrons. The van der Waals surface area contributed by atoms with E-state index >= 15 is 0 Å². The van der Waals surface area contributed by atoms with Crippen LogP contribution in [0.15, 0.2) is 48.5 Å². The number of carboxylic acids is 1. The molecular weight excluding hydrogens is 262 g/mol. The zero-order chi connectivity index (χ0) is 15.4. The molecule has 0 fully saturated rings. The van der Waals surface area contributed by atoms with Crippen molar-refractivity contribution in [3.63, 3.8) is 0 Å². The molecule has 108 valence electrons. The van der Waals surface area contributed by atoms with E-state index in [0.717, 1.165) is 23.0 Å². The molecule has 0 heterocycles. The summed E-state index contributed by atoms with van der Waals surface area (Å²) in [4.78, 5) is 12.6. The van der Waals surface area contributed by atoms with Gasteiger partial charge in [0.15, 0.2) is 0 Å². The van der Waals surface area contributed by atoms with E-state index in [2.05, 4.69) is 36.9 Å². The Labute approximate surface area is 125 Å². The highest BCUT2D eigenvalue weighted by Gasteiger charge is 2.05. The van der Waals surface area contributed by atoms with Gasteiger partial charge in [-0.2, -0.15) is 0 Å². The lowest BCUT2D eigenvalue weighted by atomic mass is 10.1. The molecule has 0 saturated carbocycles. The first kappa shape index (κ1) is 14.9. The summed E-state index contributed by atoms with van der Waals surface area (Å²) >= 11 is 0. The number of anilines is 2. The fourth-order valence-corrected chi connectivity index (χ4v) is 2.27. The summed E-state index contributed by atoms with van der Waals surface area (Å²) < 4.78 is 0. The van der Waals surface area contributed by atoms with E-state index in [9.17, 15) is 4.79 Å². The molecule has 21 heavy (non-hydrogen) atoms. The summed E-state index contributed by atoms with van der Waals surface area (Å²) in [6, 6.07) is 14.2. The monoisotopic (exact) mass is 281 g/mol. The summed E-state index contributed by atoms with van der Waals surface area (Å²) in [6.45, 7) is 4.17. The Morgan fingerprint density at radius 3 is 2.10 bits per heavy atom. The molecule has 0 aromatic heterocycles. The number of nitrogens with zero attached hydrogens (tertiary/aromatic N) is 1. The maximum absolute atomic E-state index is 10.5. The maximum atomic E-state index is 10.5. The van der Waals surface area contributed by atoms with Crippen molar-refractivity contribution in [3.8, 4) is 0 Å². The minimum Gasteiger partial charge on any atom is -0.478 e. The first-order valence-corrected chi connectivity index (χ1v) is 6.79. The first-order valence-electron chi connectivity index (χ1n) is 6.79. The lowest BCUT2D eigenvalue weighted by Gasteiger charge is -2.20.